The van der Waals surface area contributed by atoms with E-state index in [1.54, 1.807) is 0 Å². The first-order chi connectivity index (χ1) is 6.24. The van der Waals surface area contributed by atoms with E-state index in [2.05, 4.69) is 26.0 Å². The Morgan fingerprint density at radius 2 is 2.15 bits per heavy atom. The molecular formula is C12H13N. The van der Waals surface area contributed by atoms with E-state index >= 15 is 0 Å². The van der Waals surface area contributed by atoms with Crippen LogP contribution < -0.4 is 0 Å². The SMILES string of the molecule is CC(C)c1cccc(C=CC#N)c1. The summed E-state index contributed by atoms with van der Waals surface area (Å²) in [5, 5.41) is 8.37. The molecule has 0 fully saturated rings. The highest BCUT2D eigenvalue weighted by Crippen LogP contribution is 2.16. The van der Waals surface area contributed by atoms with E-state index in [1.165, 1.54) is 11.6 Å². The van der Waals surface area contributed by atoms with Crippen molar-refractivity contribution >= 4 is 6.08 Å². The van der Waals surface area contributed by atoms with Gasteiger partial charge in [-0.25, -0.2) is 0 Å². The average molecular weight is 171 g/mol. The molecule has 0 saturated heterocycles. The second-order valence-corrected chi connectivity index (χ2v) is 3.29. The molecule has 0 aliphatic heterocycles. The lowest BCUT2D eigenvalue weighted by Crippen LogP contribution is -1.86. The maximum atomic E-state index is 8.37. The number of hydrogen-bond donors (Lipinski definition) is 0. The van der Waals surface area contributed by atoms with Crippen molar-refractivity contribution < 1.29 is 0 Å². The topological polar surface area (TPSA) is 23.8 Å². The van der Waals surface area contributed by atoms with Crippen LogP contribution in [-0.2, 0) is 0 Å². The maximum absolute atomic E-state index is 8.37. The Morgan fingerprint density at radius 1 is 1.38 bits per heavy atom. The lowest BCUT2D eigenvalue weighted by molar-refractivity contribution is 0.866. The molecule has 0 bridgehead atoms. The highest BCUT2D eigenvalue weighted by atomic mass is 14.2. The zero-order chi connectivity index (χ0) is 9.68. The summed E-state index contributed by atoms with van der Waals surface area (Å²) in [6.45, 7) is 4.32. The van der Waals surface area contributed by atoms with Crippen molar-refractivity contribution in [1.82, 2.24) is 0 Å². The smallest absolute Gasteiger partial charge is 0.0912 e. The van der Waals surface area contributed by atoms with Crippen LogP contribution >= 0.6 is 0 Å². The molecule has 0 saturated carbocycles. The van der Waals surface area contributed by atoms with Crippen LogP contribution in [-0.4, -0.2) is 0 Å². The van der Waals surface area contributed by atoms with Gasteiger partial charge in [0.05, 0.1) is 6.07 Å². The molecule has 0 N–H and O–H groups in total. The normalized spacial score (nSPS) is 10.6. The van der Waals surface area contributed by atoms with Crippen LogP contribution in [0.1, 0.15) is 30.9 Å². The van der Waals surface area contributed by atoms with Gasteiger partial charge in [-0.1, -0.05) is 38.1 Å². The summed E-state index contributed by atoms with van der Waals surface area (Å²) in [4.78, 5) is 0. The maximum Gasteiger partial charge on any atom is 0.0912 e. The van der Waals surface area contributed by atoms with E-state index in [-0.39, 0.29) is 0 Å². The van der Waals surface area contributed by atoms with Gasteiger partial charge in [0.15, 0.2) is 0 Å². The summed E-state index contributed by atoms with van der Waals surface area (Å²) in [6.07, 6.45) is 3.32. The third-order valence-corrected chi connectivity index (χ3v) is 1.93. The Balaban J connectivity index is 2.93. The second kappa shape index (κ2) is 4.47. The largest absolute Gasteiger partial charge is 0.193 e. The molecule has 1 aromatic rings. The Labute approximate surface area is 79.3 Å². The Hall–Kier alpha value is -1.55. The predicted octanol–water partition coefficient (Wildman–Crippen LogP) is 3.35. The summed E-state index contributed by atoms with van der Waals surface area (Å²) in [6, 6.07) is 10.2. The average Bonchev–Trinajstić information content (AvgIpc) is 2.15. The van der Waals surface area contributed by atoms with Crippen molar-refractivity contribution in [3.8, 4) is 6.07 Å². The van der Waals surface area contributed by atoms with Crippen LogP contribution in [0.4, 0.5) is 0 Å². The fourth-order valence-corrected chi connectivity index (χ4v) is 1.16. The van der Waals surface area contributed by atoms with Gasteiger partial charge in [0, 0.05) is 6.08 Å². The number of allylic oxidation sites excluding steroid dienone is 1. The van der Waals surface area contributed by atoms with Gasteiger partial charge >= 0.3 is 0 Å². The molecule has 0 unspecified atom stereocenters. The molecule has 66 valence electrons. The summed E-state index contributed by atoms with van der Waals surface area (Å²) in [5.74, 6) is 0.537. The molecule has 0 spiro atoms. The molecule has 0 aliphatic rings. The molecule has 0 atom stereocenters. The second-order valence-electron chi connectivity index (χ2n) is 3.29. The fraction of sp³-hybridized carbons (Fsp3) is 0.250. The first kappa shape index (κ1) is 9.54. The molecule has 1 heteroatoms. The van der Waals surface area contributed by atoms with Crippen LogP contribution in [0.25, 0.3) is 6.08 Å². The number of nitrogens with zero attached hydrogens (tertiary/aromatic N) is 1. The van der Waals surface area contributed by atoms with E-state index < -0.39 is 0 Å². The summed E-state index contributed by atoms with van der Waals surface area (Å²) in [7, 11) is 0. The van der Waals surface area contributed by atoms with Crippen molar-refractivity contribution in [1.29, 1.82) is 5.26 Å². The van der Waals surface area contributed by atoms with Crippen LogP contribution in [0, 0.1) is 11.3 Å². The third kappa shape index (κ3) is 2.76. The fourth-order valence-electron chi connectivity index (χ4n) is 1.16. The summed E-state index contributed by atoms with van der Waals surface area (Å²) in [5.41, 5.74) is 2.40. The lowest BCUT2D eigenvalue weighted by Gasteiger charge is -2.04. The van der Waals surface area contributed by atoms with E-state index in [0.717, 1.165) is 5.56 Å². The quantitative estimate of drug-likeness (QED) is 0.626. The molecule has 0 heterocycles. The van der Waals surface area contributed by atoms with Crippen molar-refractivity contribution in [2.24, 2.45) is 0 Å². The number of rotatable bonds is 2. The van der Waals surface area contributed by atoms with Crippen molar-refractivity contribution in [3.63, 3.8) is 0 Å². The van der Waals surface area contributed by atoms with Crippen LogP contribution in [0.5, 0.6) is 0 Å². The molecule has 13 heavy (non-hydrogen) atoms. The van der Waals surface area contributed by atoms with Gasteiger partial charge in [-0.3, -0.25) is 0 Å². The molecule has 1 rings (SSSR count). The van der Waals surface area contributed by atoms with E-state index in [0.29, 0.717) is 5.92 Å². The van der Waals surface area contributed by atoms with Gasteiger partial charge in [-0.15, -0.1) is 0 Å². The van der Waals surface area contributed by atoms with Crippen molar-refractivity contribution in [2.75, 3.05) is 0 Å². The Bertz CT molecular complexity index is 342. The molecule has 0 radical (unpaired) electrons. The first-order valence-electron chi connectivity index (χ1n) is 4.40. The minimum atomic E-state index is 0.537. The molecule has 0 aliphatic carbocycles. The van der Waals surface area contributed by atoms with Gasteiger partial charge in [-0.05, 0) is 23.1 Å². The minimum Gasteiger partial charge on any atom is -0.193 e. The highest BCUT2D eigenvalue weighted by Gasteiger charge is 1.97. The van der Waals surface area contributed by atoms with Crippen molar-refractivity contribution in [2.45, 2.75) is 19.8 Å². The van der Waals surface area contributed by atoms with Gasteiger partial charge in [0.2, 0.25) is 0 Å². The van der Waals surface area contributed by atoms with Gasteiger partial charge in [-0.2, -0.15) is 5.26 Å². The monoisotopic (exact) mass is 171 g/mol. The lowest BCUT2D eigenvalue weighted by atomic mass is 10.0. The Morgan fingerprint density at radius 3 is 2.77 bits per heavy atom. The van der Waals surface area contributed by atoms with Gasteiger partial charge < -0.3 is 0 Å². The number of nitriles is 1. The van der Waals surface area contributed by atoms with Crippen LogP contribution in [0.2, 0.25) is 0 Å². The van der Waals surface area contributed by atoms with Gasteiger partial charge in [0.1, 0.15) is 0 Å². The molecule has 0 amide bonds. The molecular weight excluding hydrogens is 158 g/mol. The third-order valence-electron chi connectivity index (χ3n) is 1.93. The predicted molar refractivity (Wildman–Crippen MR) is 55.2 cm³/mol. The van der Waals surface area contributed by atoms with E-state index in [4.69, 9.17) is 5.26 Å². The number of benzene rings is 1. The van der Waals surface area contributed by atoms with Crippen LogP contribution in [0.15, 0.2) is 30.3 Å². The van der Waals surface area contributed by atoms with E-state index in [1.807, 2.05) is 24.3 Å². The standard InChI is InChI=1S/C12H13N/c1-10(2)12-7-3-5-11(9-12)6-4-8-13/h3-7,9-10H,1-2H3. The first-order valence-corrected chi connectivity index (χ1v) is 4.40. The zero-order valence-corrected chi connectivity index (χ0v) is 7.99. The molecule has 1 nitrogen and oxygen atoms in total. The number of hydrogen-bond acceptors (Lipinski definition) is 1. The summed E-state index contributed by atoms with van der Waals surface area (Å²) < 4.78 is 0. The van der Waals surface area contributed by atoms with Crippen molar-refractivity contribution in [3.05, 3.63) is 41.5 Å². The zero-order valence-electron chi connectivity index (χ0n) is 7.99. The highest BCUT2D eigenvalue weighted by molar-refractivity contribution is 5.52. The minimum absolute atomic E-state index is 0.537. The van der Waals surface area contributed by atoms with E-state index in [9.17, 15) is 0 Å². The Kier molecular flexibility index (Phi) is 3.28. The summed E-state index contributed by atoms with van der Waals surface area (Å²) >= 11 is 0. The van der Waals surface area contributed by atoms with Gasteiger partial charge in [0.25, 0.3) is 0 Å². The van der Waals surface area contributed by atoms with Crippen LogP contribution in [0.3, 0.4) is 0 Å². The molecule has 0 aromatic heterocycles. The molecule has 1 aromatic carbocycles.